The fourth-order valence-corrected chi connectivity index (χ4v) is 1.38. The number of methoxy groups -OCH3 is 1. The van der Waals surface area contributed by atoms with E-state index in [0.717, 1.165) is 18.1 Å². The molecular weight excluding hydrogens is 190 g/mol. The van der Waals surface area contributed by atoms with Gasteiger partial charge in [-0.3, -0.25) is 0 Å². The first-order valence-electron chi connectivity index (χ1n) is 4.77. The number of hydrogen-bond donors (Lipinski definition) is 0. The Balaban J connectivity index is 2.11. The summed E-state index contributed by atoms with van der Waals surface area (Å²) in [6.07, 6.45) is 1.74. The molecule has 0 spiro atoms. The molecule has 2 rings (SSSR count). The van der Waals surface area contributed by atoms with Crippen LogP contribution in [0.15, 0.2) is 30.6 Å². The van der Waals surface area contributed by atoms with Crippen LogP contribution in [0.4, 0.5) is 0 Å². The van der Waals surface area contributed by atoms with Gasteiger partial charge in [0, 0.05) is 0 Å². The topological polar surface area (TPSA) is 39.9 Å². The summed E-state index contributed by atoms with van der Waals surface area (Å²) in [5.41, 5.74) is 1.18. The van der Waals surface area contributed by atoms with Gasteiger partial charge in [-0.15, -0.1) is 0 Å². The molecule has 4 heteroatoms. The molecule has 0 amide bonds. The Morgan fingerprint density at radius 3 is 2.53 bits per heavy atom. The summed E-state index contributed by atoms with van der Waals surface area (Å²) < 4.78 is 6.91. The first-order valence-corrected chi connectivity index (χ1v) is 4.77. The largest absolute Gasteiger partial charge is 0.497 e. The molecule has 1 aromatic heterocycles. The molecule has 0 saturated carbocycles. The van der Waals surface area contributed by atoms with Crippen molar-refractivity contribution < 1.29 is 4.74 Å². The fourth-order valence-electron chi connectivity index (χ4n) is 1.38. The Hall–Kier alpha value is -1.84. The molecule has 15 heavy (non-hydrogen) atoms. The third kappa shape index (κ3) is 2.34. The van der Waals surface area contributed by atoms with E-state index in [1.165, 1.54) is 5.56 Å². The average Bonchev–Trinajstić information content (AvgIpc) is 2.65. The van der Waals surface area contributed by atoms with Crippen molar-refractivity contribution in [2.45, 2.75) is 13.5 Å². The van der Waals surface area contributed by atoms with Crippen LogP contribution in [0.1, 0.15) is 11.4 Å². The molecule has 0 aliphatic carbocycles. The first-order chi connectivity index (χ1) is 7.28. The van der Waals surface area contributed by atoms with E-state index < -0.39 is 0 Å². The number of ether oxygens (including phenoxy) is 1. The molecule has 0 saturated heterocycles. The molecule has 0 aliphatic rings. The lowest BCUT2D eigenvalue weighted by molar-refractivity contribution is 0.414. The summed E-state index contributed by atoms with van der Waals surface area (Å²) in [4.78, 5) is 4.07. The normalized spacial score (nSPS) is 10.3. The van der Waals surface area contributed by atoms with Crippen molar-refractivity contribution in [2.24, 2.45) is 0 Å². The van der Waals surface area contributed by atoms with E-state index >= 15 is 0 Å². The van der Waals surface area contributed by atoms with Crippen molar-refractivity contribution in [3.05, 3.63) is 42.0 Å². The molecule has 1 heterocycles. The first kappa shape index (κ1) is 9.71. The summed E-state index contributed by atoms with van der Waals surface area (Å²) in [5, 5.41) is 4.22. The van der Waals surface area contributed by atoms with E-state index in [-0.39, 0.29) is 0 Å². The van der Waals surface area contributed by atoms with Crippen LogP contribution in [0.3, 0.4) is 0 Å². The summed E-state index contributed by atoms with van der Waals surface area (Å²) in [5.74, 6) is 1.66. The van der Waals surface area contributed by atoms with Crippen LogP contribution in [-0.4, -0.2) is 21.9 Å². The molecule has 0 radical (unpaired) electrons. The van der Waals surface area contributed by atoms with Crippen LogP contribution in [-0.2, 0) is 6.54 Å². The van der Waals surface area contributed by atoms with Crippen molar-refractivity contribution in [3.63, 3.8) is 0 Å². The van der Waals surface area contributed by atoms with E-state index in [4.69, 9.17) is 4.74 Å². The molecule has 0 atom stereocenters. The van der Waals surface area contributed by atoms with Gasteiger partial charge in [-0.1, -0.05) is 12.1 Å². The average molecular weight is 203 g/mol. The fraction of sp³-hybridized carbons (Fsp3) is 0.273. The van der Waals surface area contributed by atoms with Gasteiger partial charge >= 0.3 is 0 Å². The van der Waals surface area contributed by atoms with E-state index in [1.807, 2.05) is 35.9 Å². The summed E-state index contributed by atoms with van der Waals surface area (Å²) in [7, 11) is 1.66. The Labute approximate surface area is 88.5 Å². The third-order valence-electron chi connectivity index (χ3n) is 2.15. The van der Waals surface area contributed by atoms with Crippen LogP contribution in [0.5, 0.6) is 5.75 Å². The van der Waals surface area contributed by atoms with Gasteiger partial charge in [0.15, 0.2) is 0 Å². The van der Waals surface area contributed by atoms with E-state index in [2.05, 4.69) is 10.1 Å². The Morgan fingerprint density at radius 1 is 1.27 bits per heavy atom. The van der Waals surface area contributed by atoms with Gasteiger partial charge in [-0.05, 0) is 24.6 Å². The minimum absolute atomic E-state index is 0.741. The maximum Gasteiger partial charge on any atom is 0.147 e. The zero-order valence-electron chi connectivity index (χ0n) is 8.84. The number of nitrogens with zero attached hydrogens (tertiary/aromatic N) is 3. The zero-order chi connectivity index (χ0) is 10.7. The second-order valence-corrected chi connectivity index (χ2v) is 3.34. The lowest BCUT2D eigenvalue weighted by Gasteiger charge is -2.02. The molecule has 0 aliphatic heterocycles. The Kier molecular flexibility index (Phi) is 2.67. The molecule has 78 valence electrons. The monoisotopic (exact) mass is 203 g/mol. The molecule has 0 unspecified atom stereocenters. The highest BCUT2D eigenvalue weighted by Gasteiger charge is 1.98. The zero-order valence-corrected chi connectivity index (χ0v) is 8.84. The van der Waals surface area contributed by atoms with Gasteiger partial charge < -0.3 is 4.74 Å². The lowest BCUT2D eigenvalue weighted by atomic mass is 10.2. The van der Waals surface area contributed by atoms with Gasteiger partial charge in [0.1, 0.15) is 17.9 Å². The predicted molar refractivity (Wildman–Crippen MR) is 56.9 cm³/mol. The number of aromatic nitrogens is 3. The van der Waals surface area contributed by atoms with Crippen molar-refractivity contribution in [3.8, 4) is 5.75 Å². The summed E-state index contributed by atoms with van der Waals surface area (Å²) in [6, 6.07) is 7.93. The van der Waals surface area contributed by atoms with E-state index in [0.29, 0.717) is 0 Å². The highest BCUT2D eigenvalue weighted by atomic mass is 16.5. The molecule has 0 bridgehead atoms. The maximum atomic E-state index is 5.09. The SMILES string of the molecule is COc1ccc(Cn2cnc(C)n2)cc1. The lowest BCUT2D eigenvalue weighted by Crippen LogP contribution is -2.00. The van der Waals surface area contributed by atoms with Crippen molar-refractivity contribution in [2.75, 3.05) is 7.11 Å². The third-order valence-corrected chi connectivity index (χ3v) is 2.15. The van der Waals surface area contributed by atoms with E-state index in [9.17, 15) is 0 Å². The van der Waals surface area contributed by atoms with Gasteiger partial charge in [-0.25, -0.2) is 9.67 Å². The second kappa shape index (κ2) is 4.13. The van der Waals surface area contributed by atoms with Crippen LogP contribution in [0.25, 0.3) is 0 Å². The minimum Gasteiger partial charge on any atom is -0.497 e. The Bertz CT molecular complexity index is 433. The summed E-state index contributed by atoms with van der Waals surface area (Å²) in [6.45, 7) is 2.62. The van der Waals surface area contributed by atoms with E-state index in [1.54, 1.807) is 13.4 Å². The minimum atomic E-state index is 0.741. The molecule has 0 fully saturated rings. The smallest absolute Gasteiger partial charge is 0.147 e. The van der Waals surface area contributed by atoms with Crippen LogP contribution < -0.4 is 4.74 Å². The molecule has 4 nitrogen and oxygen atoms in total. The number of aryl methyl sites for hydroxylation is 1. The molecule has 2 aromatic rings. The van der Waals surface area contributed by atoms with Gasteiger partial charge in [0.25, 0.3) is 0 Å². The van der Waals surface area contributed by atoms with Gasteiger partial charge in [0.05, 0.1) is 13.7 Å². The van der Waals surface area contributed by atoms with Crippen LogP contribution in [0.2, 0.25) is 0 Å². The second-order valence-electron chi connectivity index (χ2n) is 3.34. The molecule has 0 N–H and O–H groups in total. The Morgan fingerprint density at radius 2 is 2.00 bits per heavy atom. The molecule has 1 aromatic carbocycles. The quantitative estimate of drug-likeness (QED) is 0.761. The predicted octanol–water partition coefficient (Wildman–Crippen LogP) is 1.64. The van der Waals surface area contributed by atoms with Gasteiger partial charge in [-0.2, -0.15) is 5.10 Å². The number of benzene rings is 1. The van der Waals surface area contributed by atoms with Crippen molar-refractivity contribution in [1.82, 2.24) is 14.8 Å². The standard InChI is InChI=1S/C11H13N3O/c1-9-12-8-14(13-9)7-10-3-5-11(15-2)6-4-10/h3-6,8H,7H2,1-2H3. The number of rotatable bonds is 3. The van der Waals surface area contributed by atoms with Crippen molar-refractivity contribution >= 4 is 0 Å². The molecular formula is C11H13N3O. The van der Waals surface area contributed by atoms with Crippen LogP contribution >= 0.6 is 0 Å². The highest BCUT2D eigenvalue weighted by Crippen LogP contribution is 2.11. The summed E-state index contributed by atoms with van der Waals surface area (Å²) >= 11 is 0. The van der Waals surface area contributed by atoms with Gasteiger partial charge in [0.2, 0.25) is 0 Å². The van der Waals surface area contributed by atoms with Crippen LogP contribution in [0, 0.1) is 6.92 Å². The van der Waals surface area contributed by atoms with Crippen molar-refractivity contribution in [1.29, 1.82) is 0 Å². The highest BCUT2D eigenvalue weighted by molar-refractivity contribution is 5.27. The maximum absolute atomic E-state index is 5.09. The number of hydrogen-bond acceptors (Lipinski definition) is 3.